The Kier molecular flexibility index (Phi) is 9.43. The molecule has 0 bridgehead atoms. The maximum atomic E-state index is 15.4. The molecule has 1 aliphatic carbocycles. The standard InChI is InChI=1S/C33H43FN4/c1-7-22(3)17-23(4)9-10-24(5)28(25-11-12-25)20-31(35-6)27-18-30(34)29-21-32(36-37-33(29)19-27)26-13-15-38(8-2)16-14-26/h7,17-21,23,25-26H,1,5,8-16H2,2-4,6H3/b22-17-,28-20+,35-31?. The van der Waals surface area contributed by atoms with Crippen molar-refractivity contribution < 1.29 is 4.39 Å². The van der Waals surface area contributed by atoms with Crippen LogP contribution in [0.15, 0.2) is 71.3 Å². The molecule has 1 unspecified atom stereocenters. The van der Waals surface area contributed by atoms with Crippen molar-refractivity contribution in [3.05, 3.63) is 83.4 Å². The minimum atomic E-state index is -0.265. The third kappa shape index (κ3) is 6.93. The Morgan fingerprint density at radius 1 is 1.18 bits per heavy atom. The third-order valence-electron chi connectivity index (χ3n) is 8.15. The highest BCUT2D eigenvalue weighted by molar-refractivity contribution is 6.11. The molecule has 38 heavy (non-hydrogen) atoms. The van der Waals surface area contributed by atoms with Crippen molar-refractivity contribution in [2.75, 3.05) is 26.7 Å². The van der Waals surface area contributed by atoms with Gasteiger partial charge in [0, 0.05) is 23.9 Å². The van der Waals surface area contributed by atoms with E-state index >= 15 is 4.39 Å². The van der Waals surface area contributed by atoms with Gasteiger partial charge in [-0.25, -0.2) is 4.39 Å². The van der Waals surface area contributed by atoms with Crippen molar-refractivity contribution in [2.24, 2.45) is 16.8 Å². The summed E-state index contributed by atoms with van der Waals surface area (Å²) in [6.45, 7) is 18.0. The van der Waals surface area contributed by atoms with Crippen LogP contribution in [0, 0.1) is 17.7 Å². The van der Waals surface area contributed by atoms with Gasteiger partial charge in [-0.1, -0.05) is 50.3 Å². The van der Waals surface area contributed by atoms with Gasteiger partial charge in [0.15, 0.2) is 0 Å². The van der Waals surface area contributed by atoms with Crippen molar-refractivity contribution in [3.8, 4) is 0 Å². The number of benzene rings is 1. The summed E-state index contributed by atoms with van der Waals surface area (Å²) in [5, 5.41) is 9.54. The number of allylic oxidation sites excluding steroid dienone is 6. The molecule has 0 amide bonds. The van der Waals surface area contributed by atoms with Gasteiger partial charge in [-0.05, 0) is 107 Å². The molecule has 0 spiro atoms. The molecule has 0 radical (unpaired) electrons. The van der Waals surface area contributed by atoms with Crippen LogP contribution in [0.25, 0.3) is 10.9 Å². The maximum absolute atomic E-state index is 15.4. The smallest absolute Gasteiger partial charge is 0.133 e. The van der Waals surface area contributed by atoms with Crippen LogP contribution in [-0.2, 0) is 0 Å². The predicted octanol–water partition coefficient (Wildman–Crippen LogP) is 7.83. The molecule has 1 saturated carbocycles. The number of piperidine rings is 1. The number of halogens is 1. The van der Waals surface area contributed by atoms with Gasteiger partial charge >= 0.3 is 0 Å². The SMILES string of the molecule is C=C/C(C)=C\C(C)CCC(=C)/C(=C\C(=NC)c1cc(F)c2cc(C3CCN(CC)CC3)nnc2c1)C1CC1. The number of aromatic nitrogens is 2. The number of hydrogen-bond acceptors (Lipinski definition) is 4. The van der Waals surface area contributed by atoms with Gasteiger partial charge in [0.1, 0.15) is 5.82 Å². The minimum absolute atomic E-state index is 0.265. The first-order valence-electron chi connectivity index (χ1n) is 14.2. The molecular formula is C33H43FN4. The highest BCUT2D eigenvalue weighted by Crippen LogP contribution is 2.41. The van der Waals surface area contributed by atoms with Crippen molar-refractivity contribution in [3.63, 3.8) is 0 Å². The number of fused-ring (bicyclic) bond motifs is 1. The van der Waals surface area contributed by atoms with E-state index in [1.165, 1.54) is 24.0 Å². The van der Waals surface area contributed by atoms with Crippen molar-refractivity contribution in [2.45, 2.75) is 65.2 Å². The van der Waals surface area contributed by atoms with E-state index < -0.39 is 0 Å². The van der Waals surface area contributed by atoms with Gasteiger partial charge in [0.25, 0.3) is 0 Å². The fourth-order valence-electron chi connectivity index (χ4n) is 5.48. The average Bonchev–Trinajstić information content (AvgIpc) is 3.77. The molecule has 2 heterocycles. The van der Waals surface area contributed by atoms with Crippen molar-refractivity contribution in [1.82, 2.24) is 15.1 Å². The molecule has 5 heteroatoms. The Morgan fingerprint density at radius 2 is 1.92 bits per heavy atom. The first kappa shape index (κ1) is 28.1. The Morgan fingerprint density at radius 3 is 2.55 bits per heavy atom. The number of rotatable bonds is 11. The lowest BCUT2D eigenvalue weighted by molar-refractivity contribution is 0.220. The maximum Gasteiger partial charge on any atom is 0.133 e. The summed E-state index contributed by atoms with van der Waals surface area (Å²) in [4.78, 5) is 7.00. The second kappa shape index (κ2) is 12.8. The zero-order chi connectivity index (χ0) is 27.2. The highest BCUT2D eigenvalue weighted by atomic mass is 19.1. The zero-order valence-corrected chi connectivity index (χ0v) is 23.6. The molecule has 1 atom stereocenters. The molecule has 1 aromatic heterocycles. The predicted molar refractivity (Wildman–Crippen MR) is 158 cm³/mol. The monoisotopic (exact) mass is 514 g/mol. The molecule has 0 N–H and O–H groups in total. The number of aliphatic imine (C=N–C) groups is 1. The summed E-state index contributed by atoms with van der Waals surface area (Å²) < 4.78 is 15.4. The fraction of sp³-hybridized carbons (Fsp3) is 0.485. The quantitative estimate of drug-likeness (QED) is 0.227. The number of nitrogens with zero attached hydrogens (tertiary/aromatic N) is 4. The van der Waals surface area contributed by atoms with Crippen LogP contribution in [0.5, 0.6) is 0 Å². The molecule has 1 aliphatic heterocycles. The normalized spacial score (nSPS) is 19.1. The number of likely N-dealkylation sites (tertiary alicyclic amines) is 1. The molecule has 4 rings (SSSR count). The Balaban J connectivity index is 1.54. The molecule has 4 nitrogen and oxygen atoms in total. The van der Waals surface area contributed by atoms with Crippen LogP contribution in [0.4, 0.5) is 4.39 Å². The van der Waals surface area contributed by atoms with Crippen LogP contribution in [-0.4, -0.2) is 47.5 Å². The summed E-state index contributed by atoms with van der Waals surface area (Å²) in [6.07, 6.45) is 12.7. The van der Waals surface area contributed by atoms with Crippen LogP contribution in [0.3, 0.4) is 0 Å². The van der Waals surface area contributed by atoms with Gasteiger partial charge in [0.05, 0.1) is 16.9 Å². The van der Waals surface area contributed by atoms with Gasteiger partial charge in [-0.15, -0.1) is 0 Å². The first-order valence-corrected chi connectivity index (χ1v) is 14.2. The average molecular weight is 515 g/mol. The Hall–Kier alpha value is -2.92. The molecule has 1 saturated heterocycles. The van der Waals surface area contributed by atoms with E-state index in [0.29, 0.717) is 28.7 Å². The Bertz CT molecular complexity index is 1260. The van der Waals surface area contributed by atoms with Gasteiger partial charge in [0.2, 0.25) is 0 Å². The lowest BCUT2D eigenvalue weighted by atomic mass is 9.91. The molecule has 2 fully saturated rings. The van der Waals surface area contributed by atoms with Crippen LogP contribution in [0.1, 0.15) is 76.5 Å². The molecular weight excluding hydrogens is 471 g/mol. The molecule has 202 valence electrons. The summed E-state index contributed by atoms with van der Waals surface area (Å²) in [7, 11) is 1.77. The van der Waals surface area contributed by atoms with Crippen LogP contribution in [0.2, 0.25) is 0 Å². The summed E-state index contributed by atoms with van der Waals surface area (Å²) in [6, 6.07) is 5.43. The van der Waals surface area contributed by atoms with E-state index in [0.717, 1.165) is 67.9 Å². The van der Waals surface area contributed by atoms with Crippen molar-refractivity contribution in [1.29, 1.82) is 0 Å². The zero-order valence-electron chi connectivity index (χ0n) is 23.6. The lowest BCUT2D eigenvalue weighted by Gasteiger charge is -2.30. The minimum Gasteiger partial charge on any atom is -0.304 e. The lowest BCUT2D eigenvalue weighted by Crippen LogP contribution is -2.32. The van der Waals surface area contributed by atoms with E-state index in [9.17, 15) is 0 Å². The second-order valence-electron chi connectivity index (χ2n) is 11.1. The second-order valence-corrected chi connectivity index (χ2v) is 11.1. The summed E-state index contributed by atoms with van der Waals surface area (Å²) >= 11 is 0. The Labute approximate surface area is 228 Å². The van der Waals surface area contributed by atoms with E-state index in [-0.39, 0.29) is 5.82 Å². The van der Waals surface area contributed by atoms with E-state index in [1.807, 2.05) is 18.2 Å². The van der Waals surface area contributed by atoms with Gasteiger partial charge in [-0.3, -0.25) is 4.99 Å². The van der Waals surface area contributed by atoms with E-state index in [1.54, 1.807) is 13.1 Å². The summed E-state index contributed by atoms with van der Waals surface area (Å²) in [5.41, 5.74) is 6.60. The molecule has 2 aromatic rings. The first-order chi connectivity index (χ1) is 18.3. The van der Waals surface area contributed by atoms with E-state index in [2.05, 4.69) is 66.2 Å². The topological polar surface area (TPSA) is 41.4 Å². The van der Waals surface area contributed by atoms with E-state index in [4.69, 9.17) is 0 Å². The third-order valence-corrected chi connectivity index (χ3v) is 8.15. The number of hydrogen-bond donors (Lipinski definition) is 0. The highest BCUT2D eigenvalue weighted by Gasteiger charge is 2.28. The van der Waals surface area contributed by atoms with Gasteiger partial charge < -0.3 is 4.90 Å². The molecule has 1 aromatic carbocycles. The largest absolute Gasteiger partial charge is 0.304 e. The molecule has 2 aliphatic rings. The van der Waals surface area contributed by atoms with Crippen LogP contribution >= 0.6 is 0 Å². The van der Waals surface area contributed by atoms with Crippen LogP contribution < -0.4 is 0 Å². The fourth-order valence-corrected chi connectivity index (χ4v) is 5.48. The summed E-state index contributed by atoms with van der Waals surface area (Å²) in [5.74, 6) is 1.06. The van der Waals surface area contributed by atoms with Gasteiger partial charge in [-0.2, -0.15) is 10.2 Å². The van der Waals surface area contributed by atoms with Crippen molar-refractivity contribution >= 4 is 16.6 Å².